The van der Waals surface area contributed by atoms with E-state index in [1.54, 1.807) is 0 Å². The van der Waals surface area contributed by atoms with Crippen LogP contribution in [0.4, 0.5) is 0 Å². The third-order valence-electron chi connectivity index (χ3n) is 3.47. The van der Waals surface area contributed by atoms with E-state index in [1.165, 1.54) is 0 Å². The molecule has 0 spiro atoms. The van der Waals surface area contributed by atoms with Crippen molar-refractivity contribution >= 4 is 5.97 Å². The molecule has 1 saturated carbocycles. The average Bonchev–Trinajstić information content (AvgIpc) is 3.01. The molecule has 0 aromatic carbocycles. The highest BCUT2D eigenvalue weighted by molar-refractivity contribution is 5.79. The van der Waals surface area contributed by atoms with E-state index >= 15 is 0 Å². The summed E-state index contributed by atoms with van der Waals surface area (Å²) in [7, 11) is 0. The molecular formula is C10H17NO3. The molecule has 1 heterocycles. The molecule has 0 radical (unpaired) electrons. The van der Waals surface area contributed by atoms with Crippen LogP contribution < -0.4 is 0 Å². The molecule has 2 fully saturated rings. The van der Waals surface area contributed by atoms with Gasteiger partial charge in [-0.15, -0.1) is 0 Å². The molecule has 0 bridgehead atoms. The number of carboxylic acids is 1. The summed E-state index contributed by atoms with van der Waals surface area (Å²) < 4.78 is 5.24. The van der Waals surface area contributed by atoms with E-state index in [0.29, 0.717) is 19.1 Å². The first-order valence-electron chi connectivity index (χ1n) is 5.22. The Morgan fingerprint density at radius 3 is 2.43 bits per heavy atom. The van der Waals surface area contributed by atoms with E-state index < -0.39 is 11.5 Å². The molecule has 1 N–H and O–H groups in total. The summed E-state index contributed by atoms with van der Waals surface area (Å²) in [5.74, 6) is -0.333. The van der Waals surface area contributed by atoms with Crippen LogP contribution in [-0.2, 0) is 9.53 Å². The first kappa shape index (κ1) is 9.93. The van der Waals surface area contributed by atoms with Gasteiger partial charge in [-0.1, -0.05) is 0 Å². The third-order valence-corrected chi connectivity index (χ3v) is 3.47. The lowest BCUT2D eigenvalue weighted by Gasteiger charge is -2.40. The molecule has 0 amide bonds. The summed E-state index contributed by atoms with van der Waals surface area (Å²) in [6.07, 6.45) is 2.11. The average molecular weight is 199 g/mol. The van der Waals surface area contributed by atoms with Crippen molar-refractivity contribution < 1.29 is 14.6 Å². The van der Waals surface area contributed by atoms with Gasteiger partial charge in [0.25, 0.3) is 0 Å². The first-order valence-corrected chi connectivity index (χ1v) is 5.22. The minimum Gasteiger partial charge on any atom is -0.480 e. The summed E-state index contributed by atoms with van der Waals surface area (Å²) in [6, 6.07) is 0. The Bertz CT molecular complexity index is 234. The Balaban J connectivity index is 2.12. The zero-order valence-corrected chi connectivity index (χ0v) is 8.53. The predicted molar refractivity (Wildman–Crippen MR) is 51.2 cm³/mol. The van der Waals surface area contributed by atoms with Crippen LogP contribution >= 0.6 is 0 Å². The van der Waals surface area contributed by atoms with Gasteiger partial charge in [-0.05, 0) is 25.7 Å². The van der Waals surface area contributed by atoms with Crippen molar-refractivity contribution in [1.82, 2.24) is 4.90 Å². The SMILES string of the molecule is C[C@@](C(=O)O)(C1CC1)N1CCOCC1. The molecule has 0 unspecified atom stereocenters. The predicted octanol–water partition coefficient (Wildman–Crippen LogP) is 0.572. The minimum absolute atomic E-state index is 0.345. The molecule has 1 saturated heterocycles. The molecule has 2 rings (SSSR count). The van der Waals surface area contributed by atoms with Gasteiger partial charge < -0.3 is 9.84 Å². The fourth-order valence-electron chi connectivity index (χ4n) is 2.24. The molecule has 0 aromatic rings. The van der Waals surface area contributed by atoms with Crippen molar-refractivity contribution in [2.24, 2.45) is 5.92 Å². The van der Waals surface area contributed by atoms with Gasteiger partial charge in [0.05, 0.1) is 13.2 Å². The fourth-order valence-corrected chi connectivity index (χ4v) is 2.24. The summed E-state index contributed by atoms with van der Waals surface area (Å²) in [4.78, 5) is 13.4. The van der Waals surface area contributed by atoms with Crippen LogP contribution in [0.3, 0.4) is 0 Å². The standard InChI is InChI=1S/C10H17NO3/c1-10(9(12)13,8-2-3-8)11-4-6-14-7-5-11/h8H,2-7H2,1H3,(H,12,13)/t10-/m0/s1. The van der Waals surface area contributed by atoms with Crippen LogP contribution in [0.25, 0.3) is 0 Å². The van der Waals surface area contributed by atoms with Gasteiger partial charge >= 0.3 is 5.97 Å². The summed E-state index contributed by atoms with van der Waals surface area (Å²) in [6.45, 7) is 4.68. The zero-order valence-electron chi connectivity index (χ0n) is 8.53. The topological polar surface area (TPSA) is 49.8 Å². The van der Waals surface area contributed by atoms with Crippen molar-refractivity contribution in [1.29, 1.82) is 0 Å². The summed E-state index contributed by atoms with van der Waals surface area (Å²) in [5.41, 5.74) is -0.649. The third kappa shape index (κ3) is 1.53. The lowest BCUT2D eigenvalue weighted by atomic mass is 9.93. The molecule has 2 aliphatic rings. The second-order valence-electron chi connectivity index (χ2n) is 4.33. The molecule has 4 heteroatoms. The number of ether oxygens (including phenoxy) is 1. The highest BCUT2D eigenvalue weighted by atomic mass is 16.5. The van der Waals surface area contributed by atoms with Crippen LogP contribution in [0.5, 0.6) is 0 Å². The number of nitrogens with zero attached hydrogens (tertiary/aromatic N) is 1. The van der Waals surface area contributed by atoms with E-state index in [-0.39, 0.29) is 0 Å². The van der Waals surface area contributed by atoms with Crippen molar-refractivity contribution in [3.05, 3.63) is 0 Å². The second kappa shape index (κ2) is 3.51. The van der Waals surface area contributed by atoms with Crippen LogP contribution in [0, 0.1) is 5.92 Å². The molecule has 0 aromatic heterocycles. The van der Waals surface area contributed by atoms with Gasteiger partial charge in [0, 0.05) is 13.1 Å². The maximum atomic E-state index is 11.3. The Hall–Kier alpha value is -0.610. The van der Waals surface area contributed by atoms with Crippen molar-refractivity contribution in [3.63, 3.8) is 0 Å². The number of rotatable bonds is 3. The van der Waals surface area contributed by atoms with E-state index in [4.69, 9.17) is 4.74 Å². The van der Waals surface area contributed by atoms with Crippen molar-refractivity contribution in [2.75, 3.05) is 26.3 Å². The maximum Gasteiger partial charge on any atom is 0.324 e. The van der Waals surface area contributed by atoms with Gasteiger partial charge in [-0.25, -0.2) is 0 Å². The van der Waals surface area contributed by atoms with Gasteiger partial charge in [-0.3, -0.25) is 9.69 Å². The molecule has 4 nitrogen and oxygen atoms in total. The molecule has 80 valence electrons. The number of carboxylic acid groups (broad SMARTS) is 1. The Labute approximate surface area is 83.8 Å². The lowest BCUT2D eigenvalue weighted by Crippen LogP contribution is -2.57. The number of hydrogen-bond acceptors (Lipinski definition) is 3. The van der Waals surface area contributed by atoms with Crippen molar-refractivity contribution in [2.45, 2.75) is 25.3 Å². The smallest absolute Gasteiger partial charge is 0.324 e. The maximum absolute atomic E-state index is 11.3. The summed E-state index contributed by atoms with van der Waals surface area (Å²) in [5, 5.41) is 9.31. The lowest BCUT2D eigenvalue weighted by molar-refractivity contribution is -0.155. The zero-order chi connectivity index (χ0) is 10.2. The molecule has 1 atom stereocenters. The number of morpholine rings is 1. The van der Waals surface area contributed by atoms with Crippen LogP contribution in [0.2, 0.25) is 0 Å². The Kier molecular flexibility index (Phi) is 2.49. The number of hydrogen-bond donors (Lipinski definition) is 1. The van der Waals surface area contributed by atoms with Crippen LogP contribution in [-0.4, -0.2) is 47.8 Å². The fraction of sp³-hybridized carbons (Fsp3) is 0.900. The second-order valence-corrected chi connectivity index (χ2v) is 4.33. The van der Waals surface area contributed by atoms with E-state index in [1.807, 2.05) is 6.92 Å². The van der Waals surface area contributed by atoms with Crippen molar-refractivity contribution in [3.8, 4) is 0 Å². The quantitative estimate of drug-likeness (QED) is 0.722. The van der Waals surface area contributed by atoms with Gasteiger partial charge in [0.1, 0.15) is 5.54 Å². The molecule has 1 aliphatic heterocycles. The van der Waals surface area contributed by atoms with Gasteiger partial charge in [0.15, 0.2) is 0 Å². The highest BCUT2D eigenvalue weighted by Crippen LogP contribution is 2.43. The molecule has 14 heavy (non-hydrogen) atoms. The van der Waals surface area contributed by atoms with Gasteiger partial charge in [-0.2, -0.15) is 0 Å². The largest absolute Gasteiger partial charge is 0.480 e. The summed E-state index contributed by atoms with van der Waals surface area (Å²) >= 11 is 0. The first-order chi connectivity index (χ1) is 6.65. The minimum atomic E-state index is -0.679. The van der Waals surface area contributed by atoms with Crippen LogP contribution in [0.15, 0.2) is 0 Å². The Morgan fingerprint density at radius 1 is 1.43 bits per heavy atom. The normalized spacial score (nSPS) is 28.4. The molecule has 1 aliphatic carbocycles. The number of aliphatic carboxylic acids is 1. The number of carbonyl (C=O) groups is 1. The highest BCUT2D eigenvalue weighted by Gasteiger charge is 2.51. The van der Waals surface area contributed by atoms with E-state index in [2.05, 4.69) is 4.90 Å². The monoisotopic (exact) mass is 199 g/mol. The van der Waals surface area contributed by atoms with Gasteiger partial charge in [0.2, 0.25) is 0 Å². The van der Waals surface area contributed by atoms with E-state index in [9.17, 15) is 9.90 Å². The molecular weight excluding hydrogens is 182 g/mol. The van der Waals surface area contributed by atoms with E-state index in [0.717, 1.165) is 25.9 Å². The Morgan fingerprint density at radius 2 is 2.00 bits per heavy atom. The van der Waals surface area contributed by atoms with Crippen LogP contribution in [0.1, 0.15) is 19.8 Å².